The van der Waals surface area contributed by atoms with E-state index < -0.39 is 24.0 Å². The van der Waals surface area contributed by atoms with E-state index in [2.05, 4.69) is 0 Å². The number of carbonyl (C=O) groups is 1. The van der Waals surface area contributed by atoms with Crippen LogP contribution in [-0.2, 0) is 14.2 Å². The summed E-state index contributed by atoms with van der Waals surface area (Å²) in [5.74, 6) is -0.583. The molecule has 22 heavy (non-hydrogen) atoms. The molecule has 116 valence electrons. The van der Waals surface area contributed by atoms with Crippen molar-refractivity contribution in [3.63, 3.8) is 0 Å². The second-order valence-electron chi connectivity index (χ2n) is 5.57. The number of carbonyl (C=O) groups excluding carboxylic acids is 1. The zero-order chi connectivity index (χ0) is 15.6. The maximum absolute atomic E-state index is 12.3. The first-order chi connectivity index (χ1) is 10.6. The van der Waals surface area contributed by atoms with Crippen molar-refractivity contribution < 1.29 is 23.4 Å². The van der Waals surface area contributed by atoms with Gasteiger partial charge in [0.2, 0.25) is 0 Å². The molecule has 2 aromatic rings. The molecular weight excluding hydrogens is 284 g/mol. The third-order valence-electron chi connectivity index (χ3n) is 3.44. The van der Waals surface area contributed by atoms with Crippen molar-refractivity contribution in [3.05, 3.63) is 60.1 Å². The number of furan rings is 1. The molecule has 0 unspecified atom stereocenters. The third kappa shape index (κ3) is 3.21. The molecule has 3 rings (SSSR count). The van der Waals surface area contributed by atoms with Crippen LogP contribution in [0, 0.1) is 0 Å². The van der Waals surface area contributed by atoms with Crippen LogP contribution >= 0.6 is 0 Å². The highest BCUT2D eigenvalue weighted by Gasteiger charge is 2.41. The molecule has 0 N–H and O–H groups in total. The van der Waals surface area contributed by atoms with E-state index >= 15 is 0 Å². The lowest BCUT2D eigenvalue weighted by molar-refractivity contribution is -0.153. The number of rotatable bonds is 4. The molecular formula is C17H18O5. The van der Waals surface area contributed by atoms with Gasteiger partial charge in [-0.3, -0.25) is 0 Å². The van der Waals surface area contributed by atoms with Crippen molar-refractivity contribution in [3.8, 4) is 0 Å². The Labute approximate surface area is 128 Å². The summed E-state index contributed by atoms with van der Waals surface area (Å²) in [5.41, 5.74) is 0.484. The lowest BCUT2D eigenvalue weighted by Gasteiger charge is -2.23. The van der Waals surface area contributed by atoms with Gasteiger partial charge in [-0.05, 0) is 38.1 Å². The monoisotopic (exact) mass is 302 g/mol. The quantitative estimate of drug-likeness (QED) is 0.811. The number of hydrogen-bond donors (Lipinski definition) is 0. The molecule has 1 saturated heterocycles. The lowest BCUT2D eigenvalue weighted by atomic mass is 10.1. The Morgan fingerprint density at radius 1 is 1.23 bits per heavy atom. The van der Waals surface area contributed by atoms with Crippen LogP contribution in [-0.4, -0.2) is 24.5 Å². The van der Waals surface area contributed by atoms with Gasteiger partial charge in [-0.1, -0.05) is 18.2 Å². The Morgan fingerprint density at radius 2 is 2.00 bits per heavy atom. The molecule has 1 aliphatic heterocycles. The maximum atomic E-state index is 12.3. The molecule has 1 fully saturated rings. The Hall–Kier alpha value is -2.11. The van der Waals surface area contributed by atoms with Crippen LogP contribution in [0.5, 0.6) is 0 Å². The van der Waals surface area contributed by atoms with Crippen molar-refractivity contribution in [1.29, 1.82) is 0 Å². The van der Waals surface area contributed by atoms with Crippen molar-refractivity contribution in [2.75, 3.05) is 6.61 Å². The molecule has 0 amide bonds. The fourth-order valence-electron chi connectivity index (χ4n) is 2.39. The first-order valence-corrected chi connectivity index (χ1v) is 7.16. The Balaban J connectivity index is 1.80. The van der Waals surface area contributed by atoms with E-state index in [1.165, 1.54) is 0 Å². The molecule has 0 radical (unpaired) electrons. The molecule has 0 saturated carbocycles. The Kier molecular flexibility index (Phi) is 4.00. The van der Waals surface area contributed by atoms with Gasteiger partial charge < -0.3 is 18.6 Å². The van der Waals surface area contributed by atoms with Crippen LogP contribution in [0.3, 0.4) is 0 Å². The van der Waals surface area contributed by atoms with E-state index in [0.717, 1.165) is 0 Å². The summed E-state index contributed by atoms with van der Waals surface area (Å²) in [6, 6.07) is 12.3. The van der Waals surface area contributed by atoms with E-state index in [4.69, 9.17) is 18.6 Å². The molecule has 1 aromatic carbocycles. The second kappa shape index (κ2) is 5.94. The minimum atomic E-state index is -0.700. The average molecular weight is 302 g/mol. The van der Waals surface area contributed by atoms with Crippen molar-refractivity contribution in [2.24, 2.45) is 0 Å². The van der Waals surface area contributed by atoms with Crippen LogP contribution < -0.4 is 0 Å². The molecule has 1 aromatic heterocycles. The highest BCUT2D eigenvalue weighted by Crippen LogP contribution is 2.33. The number of benzene rings is 1. The number of ether oxygens (including phenoxy) is 3. The summed E-state index contributed by atoms with van der Waals surface area (Å²) < 4.78 is 22.4. The topological polar surface area (TPSA) is 57.9 Å². The summed E-state index contributed by atoms with van der Waals surface area (Å²) in [7, 11) is 0. The lowest BCUT2D eigenvalue weighted by Crippen LogP contribution is -2.28. The van der Waals surface area contributed by atoms with Gasteiger partial charge in [-0.2, -0.15) is 0 Å². The zero-order valence-electron chi connectivity index (χ0n) is 12.5. The highest BCUT2D eigenvalue weighted by atomic mass is 16.8. The smallest absolute Gasteiger partial charge is 0.338 e. The molecule has 0 bridgehead atoms. The predicted molar refractivity (Wildman–Crippen MR) is 78.2 cm³/mol. The Morgan fingerprint density at radius 3 is 2.59 bits per heavy atom. The van der Waals surface area contributed by atoms with Gasteiger partial charge >= 0.3 is 5.97 Å². The van der Waals surface area contributed by atoms with Crippen LogP contribution in [0.1, 0.15) is 36.1 Å². The minimum absolute atomic E-state index is 0.334. The van der Waals surface area contributed by atoms with Gasteiger partial charge in [-0.25, -0.2) is 4.79 Å². The number of esters is 1. The first kappa shape index (κ1) is 14.8. The van der Waals surface area contributed by atoms with Gasteiger partial charge in [0, 0.05) is 0 Å². The van der Waals surface area contributed by atoms with Gasteiger partial charge in [0.25, 0.3) is 0 Å². The summed E-state index contributed by atoms with van der Waals surface area (Å²) in [4.78, 5) is 12.3. The molecule has 5 heteroatoms. The third-order valence-corrected chi connectivity index (χ3v) is 3.44. The predicted octanol–water partition coefficient (Wildman–Crippen LogP) is 3.33. The van der Waals surface area contributed by atoms with Crippen molar-refractivity contribution >= 4 is 5.97 Å². The van der Waals surface area contributed by atoms with E-state index in [9.17, 15) is 4.79 Å². The van der Waals surface area contributed by atoms with Crippen molar-refractivity contribution in [2.45, 2.75) is 31.8 Å². The summed E-state index contributed by atoms with van der Waals surface area (Å²) >= 11 is 0. The minimum Gasteiger partial charge on any atom is -0.465 e. The molecule has 2 atom stereocenters. The normalized spacial score (nSPS) is 21.5. The molecule has 2 heterocycles. The molecule has 0 spiro atoms. The van der Waals surface area contributed by atoms with Gasteiger partial charge in [0.05, 0.1) is 18.4 Å². The fraction of sp³-hybridized carbons (Fsp3) is 0.353. The standard InChI is InChI=1S/C17H18O5/c1-17(2)20-11-14(22-17)15(13-9-6-10-19-13)21-16(18)12-7-4-3-5-8-12/h3-10,14-15H,11H2,1-2H3/t14-,15-/m1/s1. The molecule has 0 aliphatic carbocycles. The first-order valence-electron chi connectivity index (χ1n) is 7.16. The van der Waals surface area contributed by atoms with Crippen LogP contribution in [0.25, 0.3) is 0 Å². The van der Waals surface area contributed by atoms with E-state index in [-0.39, 0.29) is 0 Å². The van der Waals surface area contributed by atoms with E-state index in [0.29, 0.717) is 17.9 Å². The van der Waals surface area contributed by atoms with E-state index in [1.54, 1.807) is 42.7 Å². The van der Waals surface area contributed by atoms with Gasteiger partial charge in [0.15, 0.2) is 11.9 Å². The highest BCUT2D eigenvalue weighted by molar-refractivity contribution is 5.89. The van der Waals surface area contributed by atoms with Crippen LogP contribution in [0.2, 0.25) is 0 Å². The van der Waals surface area contributed by atoms with Crippen molar-refractivity contribution in [1.82, 2.24) is 0 Å². The van der Waals surface area contributed by atoms with E-state index in [1.807, 2.05) is 19.9 Å². The Bertz CT molecular complexity index is 618. The maximum Gasteiger partial charge on any atom is 0.338 e. The average Bonchev–Trinajstić information content (AvgIpc) is 3.15. The zero-order valence-corrected chi connectivity index (χ0v) is 12.5. The van der Waals surface area contributed by atoms with Gasteiger partial charge in [0.1, 0.15) is 11.9 Å². The molecule has 1 aliphatic rings. The number of hydrogen-bond acceptors (Lipinski definition) is 5. The summed E-state index contributed by atoms with van der Waals surface area (Å²) in [6.45, 7) is 3.98. The SMILES string of the molecule is CC1(C)OC[C@H]([C@H](OC(=O)c2ccccc2)c2ccco2)O1. The van der Waals surface area contributed by atoms with Gasteiger partial charge in [-0.15, -0.1) is 0 Å². The largest absolute Gasteiger partial charge is 0.465 e. The fourth-order valence-corrected chi connectivity index (χ4v) is 2.39. The second-order valence-corrected chi connectivity index (χ2v) is 5.57. The van der Waals surface area contributed by atoms with Crippen LogP contribution in [0.15, 0.2) is 53.1 Å². The molecule has 5 nitrogen and oxygen atoms in total. The summed E-state index contributed by atoms with van der Waals surface area (Å²) in [5, 5.41) is 0. The summed E-state index contributed by atoms with van der Waals surface area (Å²) in [6.07, 6.45) is 0.484. The van der Waals surface area contributed by atoms with Crippen LogP contribution in [0.4, 0.5) is 0 Å².